The summed E-state index contributed by atoms with van der Waals surface area (Å²) in [6.07, 6.45) is -0.0840. The van der Waals surface area contributed by atoms with Gasteiger partial charge in [-0.05, 0) is 12.1 Å². The summed E-state index contributed by atoms with van der Waals surface area (Å²) in [6, 6.07) is 1.64. The molecule has 0 radical (unpaired) electrons. The first-order valence-electron chi connectivity index (χ1n) is 6.26. The number of carbonyl (C=O) groups excluding carboxylic acids is 1. The average Bonchev–Trinajstić information content (AvgIpc) is 2.46. The summed E-state index contributed by atoms with van der Waals surface area (Å²) in [4.78, 5) is 23.0. The Bertz CT molecular complexity index is 562. The van der Waals surface area contributed by atoms with E-state index in [0.717, 1.165) is 0 Å². The van der Waals surface area contributed by atoms with Crippen molar-refractivity contribution in [3.63, 3.8) is 0 Å². The molecule has 1 aromatic carbocycles. The van der Waals surface area contributed by atoms with Crippen molar-refractivity contribution in [2.45, 2.75) is 12.5 Å². The molecule has 0 spiro atoms. The Morgan fingerprint density at radius 3 is 2.71 bits per heavy atom. The summed E-state index contributed by atoms with van der Waals surface area (Å²) in [5.74, 6) is -1.13. The lowest BCUT2D eigenvalue weighted by Crippen LogP contribution is -2.41. The van der Waals surface area contributed by atoms with E-state index in [1.807, 2.05) is 0 Å². The van der Waals surface area contributed by atoms with Crippen molar-refractivity contribution in [3.8, 4) is 11.5 Å². The molecule has 114 valence electrons. The molecule has 1 unspecified atom stereocenters. The maximum Gasteiger partial charge on any atom is 0.326 e. The van der Waals surface area contributed by atoms with Gasteiger partial charge < -0.3 is 25.0 Å². The van der Waals surface area contributed by atoms with Gasteiger partial charge >= 0.3 is 5.97 Å². The Balaban J connectivity index is 2.19. The SMILES string of the molecule is O=C(NC(CCO)C(=O)O)c1cc(Cl)c2c(c1)OCCO2. The van der Waals surface area contributed by atoms with Gasteiger partial charge in [-0.1, -0.05) is 11.6 Å². The molecule has 0 aromatic heterocycles. The van der Waals surface area contributed by atoms with E-state index in [1.165, 1.54) is 12.1 Å². The van der Waals surface area contributed by atoms with Crippen LogP contribution in [-0.2, 0) is 4.79 Å². The number of carboxylic acids is 1. The Kier molecular flexibility index (Phi) is 4.87. The van der Waals surface area contributed by atoms with Gasteiger partial charge in [-0.15, -0.1) is 0 Å². The van der Waals surface area contributed by atoms with Crippen LogP contribution in [0.4, 0.5) is 0 Å². The Morgan fingerprint density at radius 1 is 1.33 bits per heavy atom. The normalized spacial score (nSPS) is 14.4. The minimum absolute atomic E-state index is 0.0840. The number of nitrogens with one attached hydrogen (secondary N) is 1. The zero-order valence-electron chi connectivity index (χ0n) is 11.0. The first kappa shape index (κ1) is 15.4. The highest BCUT2D eigenvalue weighted by molar-refractivity contribution is 6.32. The molecule has 1 aromatic rings. The van der Waals surface area contributed by atoms with Crippen LogP contribution in [0.15, 0.2) is 12.1 Å². The Hall–Kier alpha value is -1.99. The van der Waals surface area contributed by atoms with Crippen molar-refractivity contribution in [3.05, 3.63) is 22.7 Å². The van der Waals surface area contributed by atoms with Crippen LogP contribution in [-0.4, -0.2) is 48.0 Å². The first-order valence-corrected chi connectivity index (χ1v) is 6.64. The molecular weight excluding hydrogens is 302 g/mol. The third-order valence-electron chi connectivity index (χ3n) is 2.88. The van der Waals surface area contributed by atoms with Crippen molar-refractivity contribution >= 4 is 23.5 Å². The summed E-state index contributed by atoms with van der Waals surface area (Å²) in [6.45, 7) is 0.367. The molecule has 1 heterocycles. The zero-order chi connectivity index (χ0) is 15.4. The lowest BCUT2D eigenvalue weighted by atomic mass is 10.1. The van der Waals surface area contributed by atoms with Crippen LogP contribution in [0.25, 0.3) is 0 Å². The van der Waals surface area contributed by atoms with Crippen LogP contribution in [0.2, 0.25) is 5.02 Å². The lowest BCUT2D eigenvalue weighted by Gasteiger charge is -2.20. The van der Waals surface area contributed by atoms with Gasteiger partial charge in [0, 0.05) is 18.6 Å². The van der Waals surface area contributed by atoms with Gasteiger partial charge in [-0.25, -0.2) is 4.79 Å². The number of fused-ring (bicyclic) bond motifs is 1. The van der Waals surface area contributed by atoms with Crippen LogP contribution in [0, 0.1) is 0 Å². The summed E-state index contributed by atoms with van der Waals surface area (Å²) in [5, 5.41) is 20.3. The number of halogens is 1. The fourth-order valence-electron chi connectivity index (χ4n) is 1.87. The molecule has 8 heteroatoms. The fraction of sp³-hybridized carbons (Fsp3) is 0.385. The van der Waals surface area contributed by atoms with Gasteiger partial charge in [0.25, 0.3) is 5.91 Å². The van der Waals surface area contributed by atoms with E-state index < -0.39 is 17.9 Å². The monoisotopic (exact) mass is 315 g/mol. The van der Waals surface area contributed by atoms with Gasteiger partial charge in [0.2, 0.25) is 0 Å². The maximum atomic E-state index is 12.1. The molecule has 3 N–H and O–H groups in total. The lowest BCUT2D eigenvalue weighted by molar-refractivity contribution is -0.139. The predicted molar refractivity (Wildman–Crippen MR) is 73.0 cm³/mol. The number of hydrogen-bond acceptors (Lipinski definition) is 5. The molecule has 0 fully saturated rings. The van der Waals surface area contributed by atoms with Gasteiger partial charge in [-0.2, -0.15) is 0 Å². The molecule has 0 saturated heterocycles. The quantitative estimate of drug-likeness (QED) is 0.738. The van der Waals surface area contributed by atoms with Crippen molar-refractivity contribution in [1.82, 2.24) is 5.32 Å². The van der Waals surface area contributed by atoms with E-state index in [4.69, 9.17) is 31.3 Å². The van der Waals surface area contributed by atoms with Crippen molar-refractivity contribution < 1.29 is 29.3 Å². The maximum absolute atomic E-state index is 12.1. The Labute approximate surface area is 125 Å². The number of aliphatic hydroxyl groups excluding tert-OH is 1. The van der Waals surface area contributed by atoms with E-state index in [2.05, 4.69) is 5.32 Å². The molecule has 0 aliphatic carbocycles. The molecule has 21 heavy (non-hydrogen) atoms. The topological polar surface area (TPSA) is 105 Å². The Morgan fingerprint density at radius 2 is 2.05 bits per heavy atom. The third kappa shape index (κ3) is 3.56. The van der Waals surface area contributed by atoms with Gasteiger partial charge in [0.15, 0.2) is 11.5 Å². The van der Waals surface area contributed by atoms with Crippen LogP contribution >= 0.6 is 11.6 Å². The molecule has 2 rings (SSSR count). The number of amides is 1. The van der Waals surface area contributed by atoms with E-state index in [0.29, 0.717) is 24.7 Å². The molecule has 1 atom stereocenters. The number of aliphatic carboxylic acids is 1. The van der Waals surface area contributed by atoms with Crippen LogP contribution in [0.1, 0.15) is 16.8 Å². The third-order valence-corrected chi connectivity index (χ3v) is 3.16. The van der Waals surface area contributed by atoms with E-state index in [1.54, 1.807) is 0 Å². The molecule has 1 aliphatic heterocycles. The standard InChI is InChI=1S/C13H14ClNO6/c14-8-5-7(6-10-11(8)21-4-3-20-10)12(17)15-9(1-2-16)13(18)19/h5-6,9,16H,1-4H2,(H,15,17)(H,18,19). The smallest absolute Gasteiger partial charge is 0.326 e. The van der Waals surface area contributed by atoms with E-state index in [9.17, 15) is 9.59 Å². The van der Waals surface area contributed by atoms with Crippen molar-refractivity contribution in [1.29, 1.82) is 0 Å². The second-order valence-electron chi connectivity index (χ2n) is 4.36. The zero-order valence-corrected chi connectivity index (χ0v) is 11.7. The number of carboxylic acid groups (broad SMARTS) is 1. The number of hydrogen-bond donors (Lipinski definition) is 3. The van der Waals surface area contributed by atoms with Gasteiger partial charge in [-0.3, -0.25) is 4.79 Å². The van der Waals surface area contributed by atoms with Crippen LogP contribution in [0.3, 0.4) is 0 Å². The predicted octanol–water partition coefficient (Wildman–Crippen LogP) is 0.677. The molecule has 0 bridgehead atoms. The highest BCUT2D eigenvalue weighted by Gasteiger charge is 2.23. The number of carbonyl (C=O) groups is 2. The second-order valence-corrected chi connectivity index (χ2v) is 4.77. The summed E-state index contributed by atoms with van der Waals surface area (Å²) in [5.41, 5.74) is 0.161. The summed E-state index contributed by atoms with van der Waals surface area (Å²) >= 11 is 6.01. The molecule has 7 nitrogen and oxygen atoms in total. The first-order chi connectivity index (χ1) is 10.0. The highest BCUT2D eigenvalue weighted by atomic mass is 35.5. The van der Waals surface area contributed by atoms with Gasteiger partial charge in [0.05, 0.1) is 5.02 Å². The highest BCUT2D eigenvalue weighted by Crippen LogP contribution is 2.38. The fourth-order valence-corrected chi connectivity index (χ4v) is 2.14. The number of benzene rings is 1. The van der Waals surface area contributed by atoms with Crippen LogP contribution < -0.4 is 14.8 Å². The largest absolute Gasteiger partial charge is 0.486 e. The van der Waals surface area contributed by atoms with E-state index in [-0.39, 0.29) is 23.6 Å². The molecular formula is C13H14ClNO6. The number of rotatable bonds is 5. The average molecular weight is 316 g/mol. The van der Waals surface area contributed by atoms with Crippen LogP contribution in [0.5, 0.6) is 11.5 Å². The number of aliphatic hydroxyl groups is 1. The van der Waals surface area contributed by atoms with E-state index >= 15 is 0 Å². The minimum Gasteiger partial charge on any atom is -0.486 e. The van der Waals surface area contributed by atoms with Crippen molar-refractivity contribution in [2.75, 3.05) is 19.8 Å². The molecule has 0 saturated carbocycles. The molecule has 1 aliphatic rings. The number of ether oxygens (including phenoxy) is 2. The second kappa shape index (κ2) is 6.64. The molecule has 1 amide bonds. The van der Waals surface area contributed by atoms with Gasteiger partial charge in [0.1, 0.15) is 19.3 Å². The van der Waals surface area contributed by atoms with Crippen molar-refractivity contribution in [2.24, 2.45) is 0 Å². The minimum atomic E-state index is -1.22. The summed E-state index contributed by atoms with van der Waals surface area (Å²) < 4.78 is 10.7. The summed E-state index contributed by atoms with van der Waals surface area (Å²) in [7, 11) is 0.